The van der Waals surface area contributed by atoms with Gasteiger partial charge in [-0.15, -0.1) is 0 Å². The highest BCUT2D eigenvalue weighted by molar-refractivity contribution is 5.94. The molecule has 24 heavy (non-hydrogen) atoms. The van der Waals surface area contributed by atoms with Crippen molar-refractivity contribution in [1.82, 2.24) is 10.3 Å². The monoisotopic (exact) mass is 325 g/mol. The van der Waals surface area contributed by atoms with Gasteiger partial charge in [-0.1, -0.05) is 13.8 Å². The number of amides is 1. The second kappa shape index (κ2) is 8.24. The SMILES string of the molecule is CC(=O)c1ccc(Nc2ccc(C(=O)NCCC(C)C)nc2)cc1. The number of nitrogens with one attached hydrogen (secondary N) is 2. The van der Waals surface area contributed by atoms with Gasteiger partial charge in [0.05, 0.1) is 11.9 Å². The minimum absolute atomic E-state index is 0.0380. The Labute approximate surface area is 142 Å². The standard InChI is InChI=1S/C19H23N3O2/c1-13(2)10-11-20-19(24)18-9-8-17(12-21-18)22-16-6-4-15(5-7-16)14(3)23/h4-9,12-13,22H,10-11H2,1-3H3,(H,20,24). The number of aromatic nitrogens is 1. The number of anilines is 2. The average Bonchev–Trinajstić information content (AvgIpc) is 2.55. The van der Waals surface area contributed by atoms with Gasteiger partial charge in [-0.2, -0.15) is 0 Å². The number of Topliss-reactive ketones (excluding diaryl/α,β-unsaturated/α-hetero) is 1. The molecule has 0 aliphatic rings. The molecule has 2 N–H and O–H groups in total. The minimum Gasteiger partial charge on any atom is -0.354 e. The molecular formula is C19H23N3O2. The zero-order chi connectivity index (χ0) is 17.5. The smallest absolute Gasteiger partial charge is 0.269 e. The van der Waals surface area contributed by atoms with Gasteiger partial charge in [-0.25, -0.2) is 4.98 Å². The first-order valence-corrected chi connectivity index (χ1v) is 8.08. The zero-order valence-corrected chi connectivity index (χ0v) is 14.3. The topological polar surface area (TPSA) is 71.1 Å². The molecule has 0 saturated heterocycles. The summed E-state index contributed by atoms with van der Waals surface area (Å²) in [5.74, 6) is 0.434. The van der Waals surface area contributed by atoms with E-state index < -0.39 is 0 Å². The van der Waals surface area contributed by atoms with Crippen LogP contribution in [0, 0.1) is 5.92 Å². The zero-order valence-electron chi connectivity index (χ0n) is 14.3. The first-order chi connectivity index (χ1) is 11.5. The summed E-state index contributed by atoms with van der Waals surface area (Å²) >= 11 is 0. The molecule has 126 valence electrons. The van der Waals surface area contributed by atoms with Crippen molar-refractivity contribution in [3.05, 3.63) is 53.9 Å². The first-order valence-electron chi connectivity index (χ1n) is 8.08. The van der Waals surface area contributed by atoms with Crippen LogP contribution in [0.4, 0.5) is 11.4 Å². The highest BCUT2D eigenvalue weighted by Crippen LogP contribution is 2.17. The van der Waals surface area contributed by atoms with E-state index >= 15 is 0 Å². The van der Waals surface area contributed by atoms with E-state index in [4.69, 9.17) is 0 Å². The van der Waals surface area contributed by atoms with E-state index in [1.54, 1.807) is 24.4 Å². The lowest BCUT2D eigenvalue weighted by molar-refractivity contribution is 0.0946. The number of carbonyl (C=O) groups excluding carboxylic acids is 2. The van der Waals surface area contributed by atoms with Crippen LogP contribution >= 0.6 is 0 Å². The van der Waals surface area contributed by atoms with Crippen molar-refractivity contribution in [3.8, 4) is 0 Å². The predicted molar refractivity (Wildman–Crippen MR) is 95.8 cm³/mol. The summed E-state index contributed by atoms with van der Waals surface area (Å²) in [6.45, 7) is 6.43. The largest absolute Gasteiger partial charge is 0.354 e. The van der Waals surface area contributed by atoms with Gasteiger partial charge in [0, 0.05) is 17.8 Å². The molecule has 5 heteroatoms. The van der Waals surface area contributed by atoms with Crippen molar-refractivity contribution in [2.24, 2.45) is 5.92 Å². The van der Waals surface area contributed by atoms with Crippen molar-refractivity contribution in [2.45, 2.75) is 27.2 Å². The Morgan fingerprint density at radius 3 is 2.25 bits per heavy atom. The number of nitrogens with zero attached hydrogens (tertiary/aromatic N) is 1. The third-order valence-electron chi connectivity index (χ3n) is 3.58. The lowest BCUT2D eigenvalue weighted by Crippen LogP contribution is -2.26. The van der Waals surface area contributed by atoms with E-state index in [2.05, 4.69) is 29.5 Å². The molecule has 1 heterocycles. The van der Waals surface area contributed by atoms with Gasteiger partial charge < -0.3 is 10.6 Å². The molecule has 2 aromatic rings. The van der Waals surface area contributed by atoms with Crippen molar-refractivity contribution in [2.75, 3.05) is 11.9 Å². The molecule has 1 aromatic carbocycles. The summed E-state index contributed by atoms with van der Waals surface area (Å²) in [6, 6.07) is 10.7. The third-order valence-corrected chi connectivity index (χ3v) is 3.58. The Morgan fingerprint density at radius 2 is 1.71 bits per heavy atom. The molecule has 1 amide bonds. The van der Waals surface area contributed by atoms with E-state index in [0.29, 0.717) is 23.7 Å². The molecule has 1 aromatic heterocycles. The molecule has 0 unspecified atom stereocenters. The lowest BCUT2D eigenvalue weighted by Gasteiger charge is -2.09. The summed E-state index contributed by atoms with van der Waals surface area (Å²) in [6.07, 6.45) is 2.57. The predicted octanol–water partition coefficient (Wildman–Crippen LogP) is 3.80. The molecule has 2 rings (SSSR count). The normalized spacial score (nSPS) is 10.5. The Morgan fingerprint density at radius 1 is 1.04 bits per heavy atom. The maximum absolute atomic E-state index is 12.0. The van der Waals surface area contributed by atoms with Crippen LogP contribution < -0.4 is 10.6 Å². The average molecular weight is 325 g/mol. The third kappa shape index (κ3) is 5.19. The van der Waals surface area contributed by atoms with Crippen LogP contribution in [0.3, 0.4) is 0 Å². The molecular weight excluding hydrogens is 302 g/mol. The van der Waals surface area contributed by atoms with Crippen LogP contribution in [-0.2, 0) is 0 Å². The molecule has 0 aliphatic carbocycles. The summed E-state index contributed by atoms with van der Waals surface area (Å²) in [7, 11) is 0. The van der Waals surface area contributed by atoms with Crippen LogP contribution in [0.2, 0.25) is 0 Å². The number of hydrogen-bond donors (Lipinski definition) is 2. The summed E-state index contributed by atoms with van der Waals surface area (Å²) < 4.78 is 0. The fourth-order valence-electron chi connectivity index (χ4n) is 2.12. The number of carbonyl (C=O) groups is 2. The number of ketones is 1. The van der Waals surface area contributed by atoms with Crippen molar-refractivity contribution in [3.63, 3.8) is 0 Å². The highest BCUT2D eigenvalue weighted by atomic mass is 16.1. The van der Waals surface area contributed by atoms with Crippen LogP contribution in [0.5, 0.6) is 0 Å². The van der Waals surface area contributed by atoms with E-state index in [1.807, 2.05) is 18.2 Å². The molecule has 0 radical (unpaired) electrons. The van der Waals surface area contributed by atoms with Crippen molar-refractivity contribution >= 4 is 23.1 Å². The Hall–Kier alpha value is -2.69. The number of pyridine rings is 1. The van der Waals surface area contributed by atoms with Gasteiger partial charge in [-0.3, -0.25) is 9.59 Å². The minimum atomic E-state index is -0.159. The van der Waals surface area contributed by atoms with Gasteiger partial charge >= 0.3 is 0 Å². The molecule has 0 aliphatic heterocycles. The van der Waals surface area contributed by atoms with Crippen LogP contribution in [0.15, 0.2) is 42.6 Å². The molecule has 0 spiro atoms. The van der Waals surface area contributed by atoms with Crippen molar-refractivity contribution in [1.29, 1.82) is 0 Å². The van der Waals surface area contributed by atoms with Gasteiger partial charge in [0.25, 0.3) is 5.91 Å². The number of rotatable bonds is 7. The van der Waals surface area contributed by atoms with E-state index in [-0.39, 0.29) is 11.7 Å². The van der Waals surface area contributed by atoms with Gasteiger partial charge in [0.15, 0.2) is 5.78 Å². The van der Waals surface area contributed by atoms with Crippen LogP contribution in [0.1, 0.15) is 48.0 Å². The second-order valence-electron chi connectivity index (χ2n) is 6.13. The Bertz CT molecular complexity index is 692. The fourth-order valence-corrected chi connectivity index (χ4v) is 2.12. The molecule has 5 nitrogen and oxygen atoms in total. The maximum Gasteiger partial charge on any atom is 0.269 e. The summed E-state index contributed by atoms with van der Waals surface area (Å²) in [4.78, 5) is 27.4. The van der Waals surface area contributed by atoms with Crippen LogP contribution in [-0.4, -0.2) is 23.2 Å². The Balaban J connectivity index is 1.94. The van der Waals surface area contributed by atoms with Gasteiger partial charge in [-0.05, 0) is 55.7 Å². The number of benzene rings is 1. The number of hydrogen-bond acceptors (Lipinski definition) is 4. The Kier molecular flexibility index (Phi) is 6.07. The van der Waals surface area contributed by atoms with E-state index in [9.17, 15) is 9.59 Å². The van der Waals surface area contributed by atoms with E-state index in [1.165, 1.54) is 6.92 Å². The van der Waals surface area contributed by atoms with Gasteiger partial charge in [0.1, 0.15) is 5.69 Å². The molecule has 0 atom stereocenters. The molecule has 0 saturated carbocycles. The second-order valence-corrected chi connectivity index (χ2v) is 6.13. The van der Waals surface area contributed by atoms with Gasteiger partial charge in [0.2, 0.25) is 0 Å². The first kappa shape index (κ1) is 17.7. The molecule has 0 fully saturated rings. The molecule has 0 bridgehead atoms. The van der Waals surface area contributed by atoms with Crippen molar-refractivity contribution < 1.29 is 9.59 Å². The highest BCUT2D eigenvalue weighted by Gasteiger charge is 2.07. The quantitative estimate of drug-likeness (QED) is 0.760. The lowest BCUT2D eigenvalue weighted by atomic mass is 10.1. The fraction of sp³-hybridized carbons (Fsp3) is 0.316. The maximum atomic E-state index is 12.0. The van der Waals surface area contributed by atoms with E-state index in [0.717, 1.165) is 17.8 Å². The summed E-state index contributed by atoms with van der Waals surface area (Å²) in [5, 5.41) is 6.05. The summed E-state index contributed by atoms with van der Waals surface area (Å²) in [5.41, 5.74) is 2.71. The van der Waals surface area contributed by atoms with Crippen LogP contribution in [0.25, 0.3) is 0 Å².